The number of nitrogens with zero attached hydrogens (tertiary/aromatic N) is 3. The summed E-state index contributed by atoms with van der Waals surface area (Å²) >= 11 is 0. The van der Waals surface area contributed by atoms with Gasteiger partial charge in [0.1, 0.15) is 0 Å². The molecule has 0 aliphatic heterocycles. The van der Waals surface area contributed by atoms with Crippen LogP contribution in [0.2, 0.25) is 0 Å². The monoisotopic (exact) mass is 392 g/mol. The van der Waals surface area contributed by atoms with Crippen LogP contribution in [0.15, 0.2) is 48.5 Å². The van der Waals surface area contributed by atoms with Crippen molar-refractivity contribution in [3.63, 3.8) is 0 Å². The molecule has 0 unspecified atom stereocenters. The number of rotatable bonds is 7. The van der Waals surface area contributed by atoms with Crippen LogP contribution in [0.4, 0.5) is 5.69 Å². The summed E-state index contributed by atoms with van der Waals surface area (Å²) in [4.78, 5) is 16.6. The standard InChI is InChI=1S/C23H28N4O2/c1-15(2)14-29-23-25-21(20-9-7-6-8-17(20)5)27(26-23)19-12-10-18(11-13-19)24-22(28)16(3)4/h6-13,15-16H,14H2,1-5H3,(H,24,28). The number of aryl methyl sites for hydroxylation is 1. The van der Waals surface area contributed by atoms with E-state index >= 15 is 0 Å². The Balaban J connectivity index is 1.96. The highest BCUT2D eigenvalue weighted by molar-refractivity contribution is 5.92. The van der Waals surface area contributed by atoms with E-state index in [1.165, 1.54) is 0 Å². The van der Waals surface area contributed by atoms with Crippen molar-refractivity contribution in [1.82, 2.24) is 14.8 Å². The molecular formula is C23H28N4O2. The van der Waals surface area contributed by atoms with Crippen molar-refractivity contribution >= 4 is 11.6 Å². The first-order valence-electron chi connectivity index (χ1n) is 9.92. The number of benzene rings is 2. The second-order valence-electron chi connectivity index (χ2n) is 7.84. The van der Waals surface area contributed by atoms with E-state index in [1.807, 2.05) is 69.3 Å². The van der Waals surface area contributed by atoms with E-state index in [9.17, 15) is 4.79 Å². The minimum absolute atomic E-state index is 0.0107. The fourth-order valence-electron chi connectivity index (χ4n) is 2.75. The van der Waals surface area contributed by atoms with Gasteiger partial charge in [-0.15, -0.1) is 5.10 Å². The lowest BCUT2D eigenvalue weighted by atomic mass is 10.1. The molecule has 152 valence electrons. The van der Waals surface area contributed by atoms with Gasteiger partial charge in [-0.3, -0.25) is 4.79 Å². The van der Waals surface area contributed by atoms with Gasteiger partial charge in [-0.2, -0.15) is 4.98 Å². The fourth-order valence-corrected chi connectivity index (χ4v) is 2.75. The molecular weight excluding hydrogens is 364 g/mol. The van der Waals surface area contributed by atoms with Gasteiger partial charge in [0, 0.05) is 17.2 Å². The predicted molar refractivity (Wildman–Crippen MR) is 115 cm³/mol. The average Bonchev–Trinajstić information content (AvgIpc) is 3.11. The number of ether oxygens (including phenoxy) is 1. The van der Waals surface area contributed by atoms with Gasteiger partial charge < -0.3 is 10.1 Å². The normalized spacial score (nSPS) is 11.1. The molecule has 0 saturated heterocycles. The highest BCUT2D eigenvalue weighted by Crippen LogP contribution is 2.27. The highest BCUT2D eigenvalue weighted by atomic mass is 16.5. The number of anilines is 1. The molecule has 6 heteroatoms. The predicted octanol–water partition coefficient (Wildman–Crippen LogP) is 4.87. The maximum atomic E-state index is 11.9. The van der Waals surface area contributed by atoms with Crippen molar-refractivity contribution in [2.45, 2.75) is 34.6 Å². The third-order valence-electron chi connectivity index (χ3n) is 4.42. The molecule has 1 heterocycles. The molecule has 1 amide bonds. The number of amides is 1. The Morgan fingerprint density at radius 3 is 2.38 bits per heavy atom. The van der Waals surface area contributed by atoms with Crippen molar-refractivity contribution in [3.8, 4) is 23.1 Å². The second kappa shape index (κ2) is 8.90. The molecule has 1 N–H and O–H groups in total. The van der Waals surface area contributed by atoms with Crippen LogP contribution in [-0.2, 0) is 4.79 Å². The van der Waals surface area contributed by atoms with Crippen LogP contribution in [0.3, 0.4) is 0 Å². The van der Waals surface area contributed by atoms with Gasteiger partial charge in [0.25, 0.3) is 0 Å². The third-order valence-corrected chi connectivity index (χ3v) is 4.42. The van der Waals surface area contributed by atoms with Crippen LogP contribution in [0.1, 0.15) is 33.3 Å². The van der Waals surface area contributed by atoms with Crippen LogP contribution in [0, 0.1) is 18.8 Å². The SMILES string of the molecule is Cc1ccccc1-c1nc(OCC(C)C)nn1-c1ccc(NC(=O)C(C)C)cc1. The smallest absolute Gasteiger partial charge is 0.336 e. The van der Waals surface area contributed by atoms with Gasteiger partial charge >= 0.3 is 6.01 Å². The van der Waals surface area contributed by atoms with E-state index in [-0.39, 0.29) is 11.8 Å². The Morgan fingerprint density at radius 2 is 1.76 bits per heavy atom. The van der Waals surface area contributed by atoms with Crippen molar-refractivity contribution in [1.29, 1.82) is 0 Å². The topological polar surface area (TPSA) is 69.0 Å². The Bertz CT molecular complexity index is 975. The van der Waals surface area contributed by atoms with Gasteiger partial charge in [-0.05, 0) is 42.7 Å². The second-order valence-corrected chi connectivity index (χ2v) is 7.84. The molecule has 3 rings (SSSR count). The van der Waals surface area contributed by atoms with E-state index in [0.717, 1.165) is 28.3 Å². The minimum atomic E-state index is -0.0710. The van der Waals surface area contributed by atoms with Crippen LogP contribution >= 0.6 is 0 Å². The maximum Gasteiger partial charge on any atom is 0.336 e. The molecule has 2 aromatic carbocycles. The highest BCUT2D eigenvalue weighted by Gasteiger charge is 2.17. The third kappa shape index (κ3) is 5.02. The van der Waals surface area contributed by atoms with E-state index in [1.54, 1.807) is 4.68 Å². The Hall–Kier alpha value is -3.15. The molecule has 0 atom stereocenters. The van der Waals surface area contributed by atoms with Crippen LogP contribution < -0.4 is 10.1 Å². The van der Waals surface area contributed by atoms with E-state index in [4.69, 9.17) is 4.74 Å². The quantitative estimate of drug-likeness (QED) is 0.623. The molecule has 0 spiro atoms. The number of hydrogen-bond donors (Lipinski definition) is 1. The lowest BCUT2D eigenvalue weighted by Gasteiger charge is -2.10. The molecule has 3 aromatic rings. The molecule has 0 aliphatic rings. The molecule has 0 aliphatic carbocycles. The molecule has 0 saturated carbocycles. The maximum absolute atomic E-state index is 11.9. The summed E-state index contributed by atoms with van der Waals surface area (Å²) in [5.74, 6) is 1.02. The van der Waals surface area contributed by atoms with Gasteiger partial charge in [0.2, 0.25) is 5.91 Å². The largest absolute Gasteiger partial charge is 0.462 e. The lowest BCUT2D eigenvalue weighted by molar-refractivity contribution is -0.118. The molecule has 29 heavy (non-hydrogen) atoms. The van der Waals surface area contributed by atoms with E-state index in [2.05, 4.69) is 29.2 Å². The summed E-state index contributed by atoms with van der Waals surface area (Å²) in [7, 11) is 0. The number of hydrogen-bond acceptors (Lipinski definition) is 4. The molecule has 0 bridgehead atoms. The van der Waals surface area contributed by atoms with E-state index in [0.29, 0.717) is 18.5 Å². The summed E-state index contributed by atoms with van der Waals surface area (Å²) < 4.78 is 7.56. The Morgan fingerprint density at radius 1 is 1.07 bits per heavy atom. The van der Waals surface area contributed by atoms with Gasteiger partial charge in [0.05, 0.1) is 12.3 Å². The summed E-state index contributed by atoms with van der Waals surface area (Å²) in [6.45, 7) is 10.5. The fraction of sp³-hybridized carbons (Fsp3) is 0.348. The number of aromatic nitrogens is 3. The van der Waals surface area contributed by atoms with Gasteiger partial charge in [-0.25, -0.2) is 4.68 Å². The van der Waals surface area contributed by atoms with Crippen LogP contribution in [0.25, 0.3) is 17.1 Å². The van der Waals surface area contributed by atoms with Crippen LogP contribution in [-0.4, -0.2) is 27.3 Å². The van der Waals surface area contributed by atoms with Crippen molar-refractivity contribution in [3.05, 3.63) is 54.1 Å². The molecule has 1 aromatic heterocycles. The van der Waals surface area contributed by atoms with Crippen molar-refractivity contribution < 1.29 is 9.53 Å². The first kappa shape index (κ1) is 20.6. The summed E-state index contributed by atoms with van der Waals surface area (Å²) in [5.41, 5.74) is 3.70. The average molecular weight is 393 g/mol. The minimum Gasteiger partial charge on any atom is -0.462 e. The first-order valence-corrected chi connectivity index (χ1v) is 9.92. The van der Waals surface area contributed by atoms with E-state index < -0.39 is 0 Å². The Labute approximate surface area is 171 Å². The first-order chi connectivity index (χ1) is 13.8. The van der Waals surface area contributed by atoms with Gasteiger partial charge in [-0.1, -0.05) is 52.0 Å². The van der Waals surface area contributed by atoms with Crippen molar-refractivity contribution in [2.24, 2.45) is 11.8 Å². The summed E-state index contributed by atoms with van der Waals surface area (Å²) in [6, 6.07) is 16.0. The zero-order chi connectivity index (χ0) is 21.0. The number of nitrogens with one attached hydrogen (secondary N) is 1. The van der Waals surface area contributed by atoms with Gasteiger partial charge in [0.15, 0.2) is 5.82 Å². The summed E-state index contributed by atoms with van der Waals surface area (Å²) in [5, 5.41) is 7.49. The molecule has 6 nitrogen and oxygen atoms in total. The zero-order valence-corrected chi connectivity index (χ0v) is 17.6. The zero-order valence-electron chi connectivity index (χ0n) is 17.6. The number of carbonyl (C=O) groups is 1. The lowest BCUT2D eigenvalue weighted by Crippen LogP contribution is -2.17. The van der Waals surface area contributed by atoms with Crippen LogP contribution in [0.5, 0.6) is 6.01 Å². The summed E-state index contributed by atoms with van der Waals surface area (Å²) in [6.07, 6.45) is 0. The number of carbonyl (C=O) groups excluding carboxylic acids is 1. The molecule has 0 radical (unpaired) electrons. The Kier molecular flexibility index (Phi) is 6.32. The molecule has 0 fully saturated rings. The van der Waals surface area contributed by atoms with Crippen molar-refractivity contribution in [2.75, 3.05) is 11.9 Å².